The van der Waals surface area contributed by atoms with E-state index >= 15 is 0 Å². The predicted molar refractivity (Wildman–Crippen MR) is 77.2 cm³/mol. The van der Waals surface area contributed by atoms with Crippen LogP contribution < -0.4 is 0 Å². The van der Waals surface area contributed by atoms with Crippen LogP contribution in [0.1, 0.15) is 26.2 Å². The van der Waals surface area contributed by atoms with E-state index in [0.29, 0.717) is 4.83 Å². The molecule has 0 saturated carbocycles. The number of halogens is 1. The van der Waals surface area contributed by atoms with Gasteiger partial charge in [-0.15, -0.1) is 6.42 Å². The van der Waals surface area contributed by atoms with Crippen molar-refractivity contribution < 1.29 is 4.74 Å². The normalized spacial score (nSPS) is 34.1. The van der Waals surface area contributed by atoms with Crippen LogP contribution in [-0.2, 0) is 4.74 Å². The number of hydrogen-bond donors (Lipinski definition) is 0. The summed E-state index contributed by atoms with van der Waals surface area (Å²) >= 11 is 3.69. The van der Waals surface area contributed by atoms with Crippen molar-refractivity contribution in [3.05, 3.63) is 36.5 Å². The van der Waals surface area contributed by atoms with Gasteiger partial charge in [-0.3, -0.25) is 0 Å². The van der Waals surface area contributed by atoms with Crippen LogP contribution in [0.25, 0.3) is 0 Å². The van der Waals surface area contributed by atoms with Gasteiger partial charge in [0.1, 0.15) is 0 Å². The lowest BCUT2D eigenvalue weighted by Gasteiger charge is -2.24. The average molecular weight is 295 g/mol. The Kier molecular flexibility index (Phi) is 7.00. The molecule has 92 valence electrons. The Labute approximate surface area is 113 Å². The van der Waals surface area contributed by atoms with Crippen LogP contribution >= 0.6 is 15.9 Å². The first-order chi connectivity index (χ1) is 8.27. The number of ether oxygens (including phenoxy) is 1. The lowest BCUT2D eigenvalue weighted by Crippen LogP contribution is -2.27. The quantitative estimate of drug-likeness (QED) is 0.425. The highest BCUT2D eigenvalue weighted by atomic mass is 79.9. The molecule has 1 heterocycles. The van der Waals surface area contributed by atoms with Gasteiger partial charge in [0.15, 0.2) is 0 Å². The summed E-state index contributed by atoms with van der Waals surface area (Å²) in [6.07, 6.45) is 20.5. The first kappa shape index (κ1) is 14.3. The van der Waals surface area contributed by atoms with E-state index < -0.39 is 0 Å². The first-order valence-corrected chi connectivity index (χ1v) is 6.93. The summed E-state index contributed by atoms with van der Waals surface area (Å²) in [4.78, 5) is 0.358. The monoisotopic (exact) mass is 294 g/mol. The van der Waals surface area contributed by atoms with Crippen LogP contribution in [0.5, 0.6) is 0 Å². The summed E-state index contributed by atoms with van der Waals surface area (Å²) in [7, 11) is 0. The molecule has 0 amide bonds. The minimum absolute atomic E-state index is 0.0254. The van der Waals surface area contributed by atoms with E-state index in [9.17, 15) is 0 Å². The third-order valence-electron chi connectivity index (χ3n) is 2.65. The van der Waals surface area contributed by atoms with E-state index in [1.807, 2.05) is 6.08 Å². The molecule has 2 heteroatoms. The molecule has 0 unspecified atom stereocenters. The van der Waals surface area contributed by atoms with Crippen molar-refractivity contribution >= 4 is 15.9 Å². The Morgan fingerprint density at radius 2 is 2.29 bits per heavy atom. The Bertz CT molecular complexity index is 335. The van der Waals surface area contributed by atoms with Crippen LogP contribution in [0.15, 0.2) is 36.5 Å². The second-order valence-corrected chi connectivity index (χ2v) is 5.14. The zero-order chi connectivity index (χ0) is 12.5. The van der Waals surface area contributed by atoms with Crippen molar-refractivity contribution in [2.75, 3.05) is 0 Å². The number of alkyl halides is 1. The van der Waals surface area contributed by atoms with Crippen molar-refractivity contribution in [3.63, 3.8) is 0 Å². The lowest BCUT2D eigenvalue weighted by molar-refractivity contribution is 0.0344. The van der Waals surface area contributed by atoms with E-state index in [1.165, 1.54) is 0 Å². The maximum atomic E-state index is 6.04. The van der Waals surface area contributed by atoms with Gasteiger partial charge in [-0.1, -0.05) is 53.1 Å². The summed E-state index contributed by atoms with van der Waals surface area (Å²) in [5.41, 5.74) is 0. The molecular formula is C15H19BrO. The molecule has 1 aliphatic rings. The molecule has 0 saturated heterocycles. The summed E-state index contributed by atoms with van der Waals surface area (Å²) in [5.74, 6) is 2.50. The fourth-order valence-electron chi connectivity index (χ4n) is 1.71. The topological polar surface area (TPSA) is 9.23 Å². The van der Waals surface area contributed by atoms with Gasteiger partial charge in [0.05, 0.1) is 12.2 Å². The van der Waals surface area contributed by atoms with Crippen molar-refractivity contribution in [1.82, 2.24) is 0 Å². The second kappa shape index (κ2) is 8.33. The molecule has 0 spiro atoms. The van der Waals surface area contributed by atoms with Crippen LogP contribution in [0.4, 0.5) is 0 Å². The van der Waals surface area contributed by atoms with Crippen molar-refractivity contribution in [2.45, 2.75) is 43.2 Å². The number of rotatable bonds is 2. The fourth-order valence-corrected chi connectivity index (χ4v) is 2.42. The van der Waals surface area contributed by atoms with E-state index in [0.717, 1.165) is 19.3 Å². The Morgan fingerprint density at radius 1 is 1.47 bits per heavy atom. The van der Waals surface area contributed by atoms with E-state index in [1.54, 1.807) is 6.08 Å². The van der Waals surface area contributed by atoms with Crippen molar-refractivity contribution in [1.29, 1.82) is 0 Å². The van der Waals surface area contributed by atoms with Gasteiger partial charge in [0, 0.05) is 4.83 Å². The maximum absolute atomic E-state index is 6.04. The molecule has 17 heavy (non-hydrogen) atoms. The van der Waals surface area contributed by atoms with Gasteiger partial charge >= 0.3 is 0 Å². The Hall–Kier alpha value is -0.780. The summed E-state index contributed by atoms with van der Waals surface area (Å²) < 4.78 is 6.04. The van der Waals surface area contributed by atoms with Crippen LogP contribution in [0.2, 0.25) is 0 Å². The van der Waals surface area contributed by atoms with Crippen LogP contribution in [0.3, 0.4) is 0 Å². The molecule has 0 bridgehead atoms. The Balaban J connectivity index is 2.77. The maximum Gasteiger partial charge on any atom is 0.0951 e. The molecule has 0 aromatic heterocycles. The lowest BCUT2D eigenvalue weighted by atomic mass is 10.1. The van der Waals surface area contributed by atoms with E-state index in [4.69, 9.17) is 11.2 Å². The van der Waals surface area contributed by atoms with Gasteiger partial charge < -0.3 is 4.74 Å². The number of hydrogen-bond acceptors (Lipinski definition) is 1. The molecule has 0 aliphatic carbocycles. The minimum Gasteiger partial charge on any atom is -0.366 e. The molecular weight excluding hydrogens is 276 g/mol. The predicted octanol–water partition coefficient (Wildman–Crippen LogP) is 4.01. The van der Waals surface area contributed by atoms with E-state index in [-0.39, 0.29) is 12.2 Å². The first-order valence-electron chi connectivity index (χ1n) is 6.02. The molecule has 0 aromatic carbocycles. The second-order valence-electron chi connectivity index (χ2n) is 3.96. The van der Waals surface area contributed by atoms with Gasteiger partial charge in [0.2, 0.25) is 0 Å². The largest absolute Gasteiger partial charge is 0.366 e. The molecule has 1 nitrogen and oxygen atoms in total. The highest BCUT2D eigenvalue weighted by molar-refractivity contribution is 9.09. The van der Waals surface area contributed by atoms with Gasteiger partial charge in [-0.05, 0) is 31.4 Å². The smallest absolute Gasteiger partial charge is 0.0951 e. The zero-order valence-corrected chi connectivity index (χ0v) is 11.8. The standard InChI is InChI=1S/C15H19BrO/c1-3-5-10-13-11-8-6-7-9-12-14(16)15(4-2)17-13/h1,5,7-11,13-15H,4,6,12H2,2H3/b9-7-,10-5-,11-8-/t13-,14+,15-/m1/s1. The number of allylic oxidation sites excluding steroid dienone is 4. The molecule has 0 fully saturated rings. The average Bonchev–Trinajstić information content (AvgIpc) is 2.35. The van der Waals surface area contributed by atoms with Crippen molar-refractivity contribution in [2.24, 2.45) is 0 Å². The summed E-state index contributed by atoms with van der Waals surface area (Å²) in [6, 6.07) is 0. The summed E-state index contributed by atoms with van der Waals surface area (Å²) in [6.45, 7) is 2.14. The molecule has 0 N–H and O–H groups in total. The third kappa shape index (κ3) is 5.39. The van der Waals surface area contributed by atoms with Crippen LogP contribution in [0, 0.1) is 12.3 Å². The highest BCUT2D eigenvalue weighted by Gasteiger charge is 2.19. The molecule has 0 aromatic rings. The fraction of sp³-hybridized carbons (Fsp3) is 0.467. The van der Waals surface area contributed by atoms with Gasteiger partial charge in [-0.2, -0.15) is 0 Å². The zero-order valence-electron chi connectivity index (χ0n) is 10.2. The van der Waals surface area contributed by atoms with Gasteiger partial charge in [0.25, 0.3) is 0 Å². The minimum atomic E-state index is -0.0254. The van der Waals surface area contributed by atoms with Gasteiger partial charge in [-0.25, -0.2) is 0 Å². The van der Waals surface area contributed by atoms with E-state index in [2.05, 4.69) is 53.1 Å². The third-order valence-corrected chi connectivity index (χ3v) is 3.61. The summed E-state index contributed by atoms with van der Waals surface area (Å²) in [5, 5.41) is 0. The number of terminal acetylenes is 1. The Morgan fingerprint density at radius 3 is 3.00 bits per heavy atom. The molecule has 1 rings (SSSR count). The highest BCUT2D eigenvalue weighted by Crippen LogP contribution is 2.20. The molecule has 1 aliphatic heterocycles. The molecule has 3 atom stereocenters. The molecule has 0 radical (unpaired) electrons. The SMILES string of the molecule is C#C/C=C\[C@@H]1/C=C\C/C=C\C[C@H](Br)[C@@H](CC)O1. The van der Waals surface area contributed by atoms with Crippen LogP contribution in [-0.4, -0.2) is 17.0 Å². The van der Waals surface area contributed by atoms with Crippen molar-refractivity contribution in [3.8, 4) is 12.3 Å².